The molecular formula is C13H20ClNO2. The molecule has 2 N–H and O–H groups in total. The third-order valence-corrected chi connectivity index (χ3v) is 2.83. The largest absolute Gasteiger partial charge is 0.387 e. The highest BCUT2D eigenvalue weighted by molar-refractivity contribution is 6.31. The highest BCUT2D eigenvalue weighted by atomic mass is 35.5. The van der Waals surface area contributed by atoms with Gasteiger partial charge in [-0.1, -0.05) is 29.8 Å². The van der Waals surface area contributed by atoms with Crippen LogP contribution < -0.4 is 5.32 Å². The average Bonchev–Trinajstić information content (AvgIpc) is 2.29. The minimum atomic E-state index is -0.586. The van der Waals surface area contributed by atoms with E-state index in [1.54, 1.807) is 6.07 Å². The summed E-state index contributed by atoms with van der Waals surface area (Å²) >= 11 is 6.00. The summed E-state index contributed by atoms with van der Waals surface area (Å²) in [6.45, 7) is 5.86. The topological polar surface area (TPSA) is 41.5 Å². The van der Waals surface area contributed by atoms with E-state index < -0.39 is 6.10 Å². The van der Waals surface area contributed by atoms with Gasteiger partial charge in [-0.3, -0.25) is 0 Å². The van der Waals surface area contributed by atoms with Gasteiger partial charge in [0.1, 0.15) is 0 Å². The summed E-state index contributed by atoms with van der Waals surface area (Å²) in [6.07, 6.45) is -0.434. The van der Waals surface area contributed by atoms with Crippen molar-refractivity contribution in [1.29, 1.82) is 0 Å². The third kappa shape index (κ3) is 5.04. The maximum absolute atomic E-state index is 9.96. The van der Waals surface area contributed by atoms with Gasteiger partial charge in [-0.2, -0.15) is 0 Å². The highest BCUT2D eigenvalue weighted by Gasteiger charge is 2.10. The first kappa shape index (κ1) is 14.5. The maximum Gasteiger partial charge on any atom is 0.0928 e. The van der Waals surface area contributed by atoms with Gasteiger partial charge in [0, 0.05) is 30.3 Å². The Balaban J connectivity index is 2.35. The van der Waals surface area contributed by atoms with Crippen molar-refractivity contribution in [2.24, 2.45) is 0 Å². The molecule has 0 aliphatic heterocycles. The molecule has 96 valence electrons. The smallest absolute Gasteiger partial charge is 0.0928 e. The van der Waals surface area contributed by atoms with Crippen molar-refractivity contribution in [3.05, 3.63) is 34.9 Å². The molecule has 0 amide bonds. The first-order valence-corrected chi connectivity index (χ1v) is 6.27. The minimum Gasteiger partial charge on any atom is -0.387 e. The van der Waals surface area contributed by atoms with Crippen LogP contribution in [0.5, 0.6) is 0 Å². The second-order valence-electron chi connectivity index (χ2n) is 3.96. The molecule has 0 aliphatic rings. The van der Waals surface area contributed by atoms with Crippen molar-refractivity contribution in [2.45, 2.75) is 26.1 Å². The van der Waals surface area contributed by atoms with Crippen LogP contribution in [-0.2, 0) is 4.74 Å². The molecule has 1 aromatic rings. The Morgan fingerprint density at radius 3 is 2.71 bits per heavy atom. The zero-order valence-electron chi connectivity index (χ0n) is 10.3. The minimum absolute atomic E-state index is 0.151. The normalized spacial score (nSPS) is 14.6. The van der Waals surface area contributed by atoms with Gasteiger partial charge in [0.2, 0.25) is 0 Å². The van der Waals surface area contributed by atoms with Crippen molar-refractivity contribution in [3.63, 3.8) is 0 Å². The SMILES string of the molecule is CCOC(C)CNCC(O)c1ccccc1Cl. The zero-order valence-corrected chi connectivity index (χ0v) is 11.1. The van der Waals surface area contributed by atoms with Crippen LogP contribution in [-0.4, -0.2) is 30.9 Å². The first-order chi connectivity index (χ1) is 8.15. The van der Waals surface area contributed by atoms with Crippen LogP contribution in [0.1, 0.15) is 25.5 Å². The van der Waals surface area contributed by atoms with Gasteiger partial charge >= 0.3 is 0 Å². The Kier molecular flexibility index (Phi) is 6.52. The lowest BCUT2D eigenvalue weighted by Gasteiger charge is -2.16. The molecule has 0 heterocycles. The lowest BCUT2D eigenvalue weighted by atomic mass is 10.1. The Morgan fingerprint density at radius 1 is 1.35 bits per heavy atom. The summed E-state index contributed by atoms with van der Waals surface area (Å²) in [4.78, 5) is 0. The Morgan fingerprint density at radius 2 is 2.06 bits per heavy atom. The van der Waals surface area contributed by atoms with Crippen molar-refractivity contribution in [1.82, 2.24) is 5.32 Å². The van der Waals surface area contributed by atoms with Gasteiger partial charge in [0.15, 0.2) is 0 Å². The predicted octanol–water partition coefficient (Wildman–Crippen LogP) is 2.39. The number of aliphatic hydroxyl groups is 1. The van der Waals surface area contributed by atoms with Crippen molar-refractivity contribution in [2.75, 3.05) is 19.7 Å². The van der Waals surface area contributed by atoms with Crippen molar-refractivity contribution < 1.29 is 9.84 Å². The van der Waals surface area contributed by atoms with Gasteiger partial charge < -0.3 is 15.2 Å². The summed E-state index contributed by atoms with van der Waals surface area (Å²) in [5, 5.41) is 13.7. The number of rotatable bonds is 7. The quantitative estimate of drug-likeness (QED) is 0.788. The molecule has 3 nitrogen and oxygen atoms in total. The third-order valence-electron chi connectivity index (χ3n) is 2.48. The lowest BCUT2D eigenvalue weighted by Crippen LogP contribution is -2.30. The van der Waals surface area contributed by atoms with E-state index in [-0.39, 0.29) is 6.10 Å². The average molecular weight is 258 g/mol. The molecule has 0 saturated heterocycles. The van der Waals surface area contributed by atoms with Crippen LogP contribution in [0.15, 0.2) is 24.3 Å². The molecule has 0 saturated carbocycles. The Hall–Kier alpha value is -0.610. The Bertz CT molecular complexity index is 333. The molecule has 0 fully saturated rings. The van der Waals surface area contributed by atoms with Crippen molar-refractivity contribution in [3.8, 4) is 0 Å². The van der Waals surface area contributed by atoms with Gasteiger partial charge in [-0.15, -0.1) is 0 Å². The molecule has 2 unspecified atom stereocenters. The van der Waals surface area contributed by atoms with E-state index in [0.717, 1.165) is 12.1 Å². The fourth-order valence-electron chi connectivity index (χ4n) is 1.62. The standard InChI is InChI=1S/C13H20ClNO2/c1-3-17-10(2)8-15-9-13(16)11-6-4-5-7-12(11)14/h4-7,10,13,15-16H,3,8-9H2,1-2H3. The van der Waals surface area contributed by atoms with Crippen LogP contribution in [0.4, 0.5) is 0 Å². The van der Waals surface area contributed by atoms with E-state index in [9.17, 15) is 5.11 Å². The van der Waals surface area contributed by atoms with Crippen LogP contribution in [0.3, 0.4) is 0 Å². The molecule has 2 atom stereocenters. The lowest BCUT2D eigenvalue weighted by molar-refractivity contribution is 0.0723. The zero-order chi connectivity index (χ0) is 12.7. The number of halogens is 1. The molecule has 4 heteroatoms. The second kappa shape index (κ2) is 7.67. The highest BCUT2D eigenvalue weighted by Crippen LogP contribution is 2.21. The fraction of sp³-hybridized carbons (Fsp3) is 0.538. The van der Waals surface area contributed by atoms with E-state index in [4.69, 9.17) is 16.3 Å². The van der Waals surface area contributed by atoms with Crippen LogP contribution in [0.2, 0.25) is 5.02 Å². The predicted molar refractivity (Wildman–Crippen MR) is 70.4 cm³/mol. The van der Waals surface area contributed by atoms with Gasteiger partial charge in [0.05, 0.1) is 12.2 Å². The van der Waals surface area contributed by atoms with Gasteiger partial charge in [-0.25, -0.2) is 0 Å². The molecule has 0 aliphatic carbocycles. The fourth-order valence-corrected chi connectivity index (χ4v) is 1.88. The molecule has 1 aromatic carbocycles. The number of nitrogens with one attached hydrogen (secondary N) is 1. The molecule has 0 radical (unpaired) electrons. The van der Waals surface area contributed by atoms with E-state index in [1.807, 2.05) is 32.0 Å². The van der Waals surface area contributed by atoms with Gasteiger partial charge in [0.25, 0.3) is 0 Å². The maximum atomic E-state index is 9.96. The summed E-state index contributed by atoms with van der Waals surface area (Å²) in [5.74, 6) is 0. The van der Waals surface area contributed by atoms with Crippen LogP contribution in [0, 0.1) is 0 Å². The van der Waals surface area contributed by atoms with E-state index in [2.05, 4.69) is 5.32 Å². The molecule has 17 heavy (non-hydrogen) atoms. The summed E-state index contributed by atoms with van der Waals surface area (Å²) in [7, 11) is 0. The number of benzene rings is 1. The molecule has 0 bridgehead atoms. The number of ether oxygens (including phenoxy) is 1. The molecule has 0 aromatic heterocycles. The van der Waals surface area contributed by atoms with Gasteiger partial charge in [-0.05, 0) is 19.9 Å². The number of hydrogen-bond acceptors (Lipinski definition) is 3. The number of aliphatic hydroxyl groups excluding tert-OH is 1. The van der Waals surface area contributed by atoms with E-state index >= 15 is 0 Å². The Labute approximate surface area is 108 Å². The second-order valence-corrected chi connectivity index (χ2v) is 4.37. The summed E-state index contributed by atoms with van der Waals surface area (Å²) in [5.41, 5.74) is 0.755. The molecule has 1 rings (SSSR count). The number of hydrogen-bond donors (Lipinski definition) is 2. The van der Waals surface area contributed by atoms with Crippen LogP contribution >= 0.6 is 11.6 Å². The molecule has 0 spiro atoms. The van der Waals surface area contributed by atoms with E-state index in [1.165, 1.54) is 0 Å². The first-order valence-electron chi connectivity index (χ1n) is 5.90. The van der Waals surface area contributed by atoms with Crippen molar-refractivity contribution >= 4 is 11.6 Å². The van der Waals surface area contributed by atoms with E-state index in [0.29, 0.717) is 18.2 Å². The summed E-state index contributed by atoms with van der Waals surface area (Å²) < 4.78 is 5.38. The summed E-state index contributed by atoms with van der Waals surface area (Å²) in [6, 6.07) is 7.33. The monoisotopic (exact) mass is 257 g/mol. The molecular weight excluding hydrogens is 238 g/mol. The van der Waals surface area contributed by atoms with Crippen LogP contribution in [0.25, 0.3) is 0 Å².